The number of nitrogens with one attached hydrogen (secondary N) is 1. The van der Waals surface area contributed by atoms with E-state index in [9.17, 15) is 19.7 Å². The van der Waals surface area contributed by atoms with Crippen LogP contribution in [0.4, 0.5) is 11.4 Å². The number of anilines is 1. The van der Waals surface area contributed by atoms with Crippen molar-refractivity contribution in [2.75, 3.05) is 11.9 Å². The first-order valence-corrected chi connectivity index (χ1v) is 11.0. The highest BCUT2D eigenvalue weighted by Gasteiger charge is 2.21. The Hall–Kier alpha value is -4.05. The van der Waals surface area contributed by atoms with Crippen molar-refractivity contribution in [2.24, 2.45) is 0 Å². The number of hydrogen-bond acceptors (Lipinski definition) is 7. The molecule has 0 saturated carbocycles. The molecule has 1 N–H and O–H groups in total. The molecule has 4 aromatic rings. The van der Waals surface area contributed by atoms with Crippen molar-refractivity contribution in [3.8, 4) is 16.9 Å². The van der Waals surface area contributed by atoms with Crippen LogP contribution < -0.4 is 15.6 Å². The van der Waals surface area contributed by atoms with Crippen molar-refractivity contribution in [2.45, 2.75) is 19.9 Å². The van der Waals surface area contributed by atoms with E-state index in [1.807, 2.05) is 6.92 Å². The standard InChI is InChI=1S/C23H20N4O5S/c1-3-32-18-9-7-16(8-10-18)25-21(28)14(2)26-13-24-22-20(23(26)29)19(12-33-22)15-5-4-6-17(11-15)27(30)31/h4-14H,3H2,1-2H3,(H,25,28). The van der Waals surface area contributed by atoms with Crippen LogP contribution in [0.5, 0.6) is 5.75 Å². The number of nitro benzene ring substituents is 1. The summed E-state index contributed by atoms with van der Waals surface area (Å²) in [4.78, 5) is 41.6. The molecular weight excluding hydrogens is 444 g/mol. The van der Waals surface area contributed by atoms with Crippen LogP contribution in [0.25, 0.3) is 21.3 Å². The lowest BCUT2D eigenvalue weighted by Gasteiger charge is -2.15. The van der Waals surface area contributed by atoms with Crippen LogP contribution in [0.1, 0.15) is 19.9 Å². The summed E-state index contributed by atoms with van der Waals surface area (Å²) in [6.45, 7) is 4.04. The van der Waals surface area contributed by atoms with Gasteiger partial charge in [-0.3, -0.25) is 24.3 Å². The fraction of sp³-hybridized carbons (Fsp3) is 0.174. The molecule has 0 aliphatic carbocycles. The van der Waals surface area contributed by atoms with Crippen LogP contribution in [-0.4, -0.2) is 27.0 Å². The minimum absolute atomic E-state index is 0.0702. The third-order valence-corrected chi connectivity index (χ3v) is 6.00. The lowest BCUT2D eigenvalue weighted by molar-refractivity contribution is -0.384. The Labute approximate surface area is 192 Å². The Morgan fingerprint density at radius 3 is 2.73 bits per heavy atom. The van der Waals surface area contributed by atoms with Crippen LogP contribution >= 0.6 is 11.3 Å². The van der Waals surface area contributed by atoms with Gasteiger partial charge in [-0.25, -0.2) is 4.98 Å². The van der Waals surface area contributed by atoms with Gasteiger partial charge in [0.25, 0.3) is 11.2 Å². The fourth-order valence-electron chi connectivity index (χ4n) is 3.40. The van der Waals surface area contributed by atoms with Gasteiger partial charge >= 0.3 is 0 Å². The highest BCUT2D eigenvalue weighted by atomic mass is 32.1. The summed E-state index contributed by atoms with van der Waals surface area (Å²) < 4.78 is 6.66. The number of hydrogen-bond donors (Lipinski definition) is 1. The number of rotatable bonds is 7. The summed E-state index contributed by atoms with van der Waals surface area (Å²) in [5, 5.41) is 16.0. The molecule has 168 valence electrons. The lowest BCUT2D eigenvalue weighted by atomic mass is 10.1. The number of amides is 1. The van der Waals surface area contributed by atoms with Gasteiger partial charge in [-0.1, -0.05) is 12.1 Å². The summed E-state index contributed by atoms with van der Waals surface area (Å²) in [6, 6.07) is 12.2. The third-order valence-electron chi connectivity index (χ3n) is 5.12. The van der Waals surface area contributed by atoms with Gasteiger partial charge in [-0.05, 0) is 43.7 Å². The number of benzene rings is 2. The first-order valence-electron chi connectivity index (χ1n) is 10.2. The molecule has 10 heteroatoms. The monoisotopic (exact) mass is 464 g/mol. The number of non-ortho nitro benzene ring substituents is 1. The minimum Gasteiger partial charge on any atom is -0.494 e. The van der Waals surface area contributed by atoms with Crippen LogP contribution in [-0.2, 0) is 4.79 Å². The largest absolute Gasteiger partial charge is 0.494 e. The van der Waals surface area contributed by atoms with Gasteiger partial charge in [0.2, 0.25) is 5.91 Å². The van der Waals surface area contributed by atoms with Crippen molar-refractivity contribution >= 4 is 38.8 Å². The van der Waals surface area contributed by atoms with E-state index in [1.54, 1.807) is 48.7 Å². The SMILES string of the molecule is CCOc1ccc(NC(=O)C(C)n2cnc3scc(-c4cccc([N+](=O)[O-])c4)c3c2=O)cc1. The normalized spacial score (nSPS) is 11.8. The Bertz CT molecular complexity index is 1390. The third kappa shape index (κ3) is 4.46. The Kier molecular flexibility index (Phi) is 6.18. The summed E-state index contributed by atoms with van der Waals surface area (Å²) in [5.41, 5.74) is 1.20. The van der Waals surface area contributed by atoms with Gasteiger partial charge in [0, 0.05) is 28.8 Å². The van der Waals surface area contributed by atoms with Crippen molar-refractivity contribution in [3.05, 3.63) is 80.7 Å². The highest BCUT2D eigenvalue weighted by Crippen LogP contribution is 2.32. The number of carbonyl (C=O) groups is 1. The van der Waals surface area contributed by atoms with E-state index in [2.05, 4.69) is 10.3 Å². The number of carbonyl (C=O) groups excluding carboxylic acids is 1. The molecule has 0 fully saturated rings. The predicted octanol–water partition coefficient (Wildman–Crippen LogP) is 4.63. The second-order valence-electron chi connectivity index (χ2n) is 7.22. The van der Waals surface area contributed by atoms with Crippen molar-refractivity contribution < 1.29 is 14.5 Å². The van der Waals surface area contributed by atoms with Crippen molar-refractivity contribution in [1.82, 2.24) is 9.55 Å². The molecule has 2 heterocycles. The fourth-order valence-corrected chi connectivity index (χ4v) is 4.30. The van der Waals surface area contributed by atoms with E-state index in [1.165, 1.54) is 34.4 Å². The maximum atomic E-state index is 13.3. The summed E-state index contributed by atoms with van der Waals surface area (Å²) in [6.07, 6.45) is 1.35. The summed E-state index contributed by atoms with van der Waals surface area (Å²) >= 11 is 1.27. The Balaban J connectivity index is 1.65. The molecule has 1 amide bonds. The molecule has 0 spiro atoms. The molecule has 2 aromatic carbocycles. The van der Waals surface area contributed by atoms with Crippen LogP contribution in [0.3, 0.4) is 0 Å². The van der Waals surface area contributed by atoms with Crippen molar-refractivity contribution in [1.29, 1.82) is 0 Å². The van der Waals surface area contributed by atoms with Gasteiger partial charge in [0.05, 0.1) is 23.2 Å². The molecule has 4 rings (SSSR count). The number of nitrogens with zero attached hydrogens (tertiary/aromatic N) is 3. The Morgan fingerprint density at radius 1 is 1.27 bits per heavy atom. The lowest BCUT2D eigenvalue weighted by Crippen LogP contribution is -2.31. The zero-order valence-electron chi connectivity index (χ0n) is 17.8. The summed E-state index contributed by atoms with van der Waals surface area (Å²) in [5.74, 6) is 0.315. The zero-order valence-corrected chi connectivity index (χ0v) is 18.7. The average molecular weight is 465 g/mol. The van der Waals surface area contributed by atoms with E-state index in [-0.39, 0.29) is 11.6 Å². The Morgan fingerprint density at radius 2 is 2.03 bits per heavy atom. The van der Waals surface area contributed by atoms with Gasteiger partial charge in [-0.15, -0.1) is 11.3 Å². The van der Waals surface area contributed by atoms with E-state index >= 15 is 0 Å². The molecule has 1 unspecified atom stereocenters. The van der Waals surface area contributed by atoms with Gasteiger partial charge < -0.3 is 10.1 Å². The number of aromatic nitrogens is 2. The molecule has 0 radical (unpaired) electrons. The maximum Gasteiger partial charge on any atom is 0.270 e. The van der Waals surface area contributed by atoms with Gasteiger partial charge in [0.1, 0.15) is 16.6 Å². The quantitative estimate of drug-likeness (QED) is 0.315. The number of nitro groups is 1. The first-order chi connectivity index (χ1) is 15.9. The maximum absolute atomic E-state index is 13.3. The second-order valence-corrected chi connectivity index (χ2v) is 8.07. The average Bonchev–Trinajstić information content (AvgIpc) is 3.25. The molecule has 33 heavy (non-hydrogen) atoms. The molecule has 0 aliphatic rings. The topological polar surface area (TPSA) is 116 Å². The van der Waals surface area contributed by atoms with Crippen LogP contribution in [0.2, 0.25) is 0 Å². The van der Waals surface area contributed by atoms with Gasteiger partial charge in [0.15, 0.2) is 0 Å². The smallest absolute Gasteiger partial charge is 0.270 e. The number of ether oxygens (including phenoxy) is 1. The molecule has 0 aliphatic heterocycles. The van der Waals surface area contributed by atoms with Crippen LogP contribution in [0, 0.1) is 10.1 Å². The molecule has 2 aromatic heterocycles. The molecule has 9 nitrogen and oxygen atoms in total. The molecular formula is C23H20N4O5S. The van der Waals surface area contributed by atoms with E-state index in [4.69, 9.17) is 4.74 Å². The van der Waals surface area contributed by atoms with E-state index in [0.29, 0.717) is 39.4 Å². The second kappa shape index (κ2) is 9.21. The van der Waals surface area contributed by atoms with E-state index in [0.717, 1.165) is 0 Å². The minimum atomic E-state index is -0.834. The van der Waals surface area contributed by atoms with E-state index < -0.39 is 16.5 Å². The molecule has 1 atom stereocenters. The summed E-state index contributed by atoms with van der Waals surface area (Å²) in [7, 11) is 0. The van der Waals surface area contributed by atoms with Crippen molar-refractivity contribution in [3.63, 3.8) is 0 Å². The molecule has 0 bridgehead atoms. The number of thiophene rings is 1. The van der Waals surface area contributed by atoms with Crippen LogP contribution in [0.15, 0.2) is 65.0 Å². The first kappa shape index (κ1) is 22.2. The predicted molar refractivity (Wildman–Crippen MR) is 127 cm³/mol. The van der Waals surface area contributed by atoms with Gasteiger partial charge in [-0.2, -0.15) is 0 Å². The molecule has 0 saturated heterocycles. The number of fused-ring (bicyclic) bond motifs is 1. The zero-order chi connectivity index (χ0) is 23.5. The highest BCUT2D eigenvalue weighted by molar-refractivity contribution is 7.17.